The third kappa shape index (κ3) is 3.61. The van der Waals surface area contributed by atoms with E-state index in [1.807, 2.05) is 6.92 Å². The molecule has 1 aliphatic rings. The number of carboxylic acid groups (broad SMARTS) is 1. The van der Waals surface area contributed by atoms with Crippen molar-refractivity contribution in [2.24, 2.45) is 5.92 Å². The lowest BCUT2D eigenvalue weighted by atomic mass is 9.94. The highest BCUT2D eigenvalue weighted by Crippen LogP contribution is 2.22. The van der Waals surface area contributed by atoms with Crippen molar-refractivity contribution >= 4 is 12.0 Å². The molecule has 0 bridgehead atoms. The Morgan fingerprint density at radius 3 is 2.59 bits per heavy atom. The first-order valence-corrected chi connectivity index (χ1v) is 6.25. The smallest absolute Gasteiger partial charge is 0.326 e. The zero-order valence-electron chi connectivity index (χ0n) is 10.8. The maximum atomic E-state index is 11.9. The minimum absolute atomic E-state index is 0.185. The quantitative estimate of drug-likeness (QED) is 0.791. The summed E-state index contributed by atoms with van der Waals surface area (Å²) in [5, 5.41) is 11.5. The van der Waals surface area contributed by atoms with E-state index in [-0.39, 0.29) is 12.1 Å². The lowest BCUT2D eigenvalue weighted by Crippen LogP contribution is -2.52. The third-order valence-corrected chi connectivity index (χ3v) is 3.40. The Morgan fingerprint density at radius 1 is 1.47 bits per heavy atom. The summed E-state index contributed by atoms with van der Waals surface area (Å²) in [6, 6.07) is -0.849. The Labute approximate surface area is 102 Å². The number of piperidine rings is 1. The first-order valence-electron chi connectivity index (χ1n) is 6.25. The number of hydrogen-bond acceptors (Lipinski definition) is 2. The number of amides is 2. The van der Waals surface area contributed by atoms with Crippen molar-refractivity contribution in [1.29, 1.82) is 0 Å². The number of carboxylic acids is 1. The summed E-state index contributed by atoms with van der Waals surface area (Å²) in [5.41, 5.74) is 0. The fraction of sp³-hybridized carbons (Fsp3) is 0.833. The number of carbonyl (C=O) groups excluding carboxylic acids is 1. The minimum atomic E-state index is -0.973. The van der Waals surface area contributed by atoms with E-state index in [1.54, 1.807) is 11.8 Å². The van der Waals surface area contributed by atoms with Crippen LogP contribution >= 0.6 is 0 Å². The van der Waals surface area contributed by atoms with Crippen LogP contribution in [-0.4, -0.2) is 40.6 Å². The second-order valence-electron chi connectivity index (χ2n) is 4.92. The molecule has 2 N–H and O–H groups in total. The second-order valence-corrected chi connectivity index (χ2v) is 4.92. The summed E-state index contributed by atoms with van der Waals surface area (Å²) >= 11 is 0. The average molecular weight is 242 g/mol. The van der Waals surface area contributed by atoms with Crippen molar-refractivity contribution in [2.75, 3.05) is 6.54 Å². The van der Waals surface area contributed by atoms with Gasteiger partial charge in [0.1, 0.15) is 6.04 Å². The number of aliphatic carboxylic acids is 1. The van der Waals surface area contributed by atoms with Gasteiger partial charge in [0.15, 0.2) is 0 Å². The first-order chi connectivity index (χ1) is 7.95. The highest BCUT2D eigenvalue weighted by molar-refractivity contribution is 5.82. The van der Waals surface area contributed by atoms with E-state index in [4.69, 9.17) is 5.11 Å². The zero-order valence-corrected chi connectivity index (χ0v) is 10.8. The highest BCUT2D eigenvalue weighted by atomic mass is 16.4. The van der Waals surface area contributed by atoms with Crippen molar-refractivity contribution in [2.45, 2.75) is 52.1 Å². The van der Waals surface area contributed by atoms with Gasteiger partial charge in [-0.1, -0.05) is 13.8 Å². The maximum absolute atomic E-state index is 11.9. The van der Waals surface area contributed by atoms with Crippen molar-refractivity contribution < 1.29 is 14.7 Å². The lowest BCUT2D eigenvalue weighted by molar-refractivity contribution is -0.139. The average Bonchev–Trinajstić information content (AvgIpc) is 2.24. The van der Waals surface area contributed by atoms with Crippen molar-refractivity contribution in [3.8, 4) is 0 Å². The van der Waals surface area contributed by atoms with E-state index in [1.165, 1.54) is 0 Å². The molecule has 2 amide bonds. The van der Waals surface area contributed by atoms with Gasteiger partial charge in [0.05, 0.1) is 0 Å². The van der Waals surface area contributed by atoms with Gasteiger partial charge in [0.25, 0.3) is 0 Å². The van der Waals surface area contributed by atoms with Gasteiger partial charge < -0.3 is 15.3 Å². The van der Waals surface area contributed by atoms with Crippen LogP contribution < -0.4 is 5.32 Å². The molecule has 1 rings (SSSR count). The molecule has 0 radical (unpaired) electrons. The predicted molar refractivity (Wildman–Crippen MR) is 64.8 cm³/mol. The molecule has 2 unspecified atom stereocenters. The minimum Gasteiger partial charge on any atom is -0.480 e. The Balaban J connectivity index is 2.55. The molecular formula is C12H22N2O3. The predicted octanol–water partition coefficient (Wildman–Crippen LogP) is 1.68. The summed E-state index contributed by atoms with van der Waals surface area (Å²) in [6.07, 6.45) is 2.37. The summed E-state index contributed by atoms with van der Waals surface area (Å²) in [4.78, 5) is 24.5. The summed E-state index contributed by atoms with van der Waals surface area (Å²) in [7, 11) is 0. The van der Waals surface area contributed by atoms with Gasteiger partial charge in [0.2, 0.25) is 0 Å². The van der Waals surface area contributed by atoms with E-state index in [0.717, 1.165) is 12.8 Å². The summed E-state index contributed by atoms with van der Waals surface area (Å²) in [5.74, 6) is -0.339. The van der Waals surface area contributed by atoms with Gasteiger partial charge in [-0.15, -0.1) is 0 Å². The topological polar surface area (TPSA) is 69.6 Å². The molecule has 0 aromatic heterocycles. The molecule has 1 heterocycles. The fourth-order valence-electron chi connectivity index (χ4n) is 2.28. The van der Waals surface area contributed by atoms with E-state index < -0.39 is 12.0 Å². The van der Waals surface area contributed by atoms with Gasteiger partial charge in [-0.25, -0.2) is 9.59 Å². The second kappa shape index (κ2) is 5.89. The van der Waals surface area contributed by atoms with Gasteiger partial charge in [-0.3, -0.25) is 0 Å². The molecule has 0 saturated carbocycles. The number of nitrogens with one attached hydrogen (secondary N) is 1. The largest absolute Gasteiger partial charge is 0.480 e. The number of carbonyl (C=O) groups is 2. The number of likely N-dealkylation sites (tertiary alicyclic amines) is 1. The maximum Gasteiger partial charge on any atom is 0.326 e. The Morgan fingerprint density at radius 2 is 2.12 bits per heavy atom. The molecule has 98 valence electrons. The van der Waals surface area contributed by atoms with Crippen LogP contribution in [0.1, 0.15) is 40.0 Å². The van der Waals surface area contributed by atoms with Crippen molar-refractivity contribution in [1.82, 2.24) is 10.2 Å². The van der Waals surface area contributed by atoms with E-state index >= 15 is 0 Å². The summed E-state index contributed by atoms with van der Waals surface area (Å²) < 4.78 is 0. The molecule has 1 saturated heterocycles. The number of hydrogen-bond donors (Lipinski definition) is 2. The Kier molecular flexibility index (Phi) is 4.78. The zero-order chi connectivity index (χ0) is 13.0. The van der Waals surface area contributed by atoms with E-state index in [2.05, 4.69) is 12.2 Å². The van der Waals surface area contributed by atoms with Gasteiger partial charge in [-0.2, -0.15) is 0 Å². The van der Waals surface area contributed by atoms with Crippen LogP contribution in [0.2, 0.25) is 0 Å². The van der Waals surface area contributed by atoms with Crippen molar-refractivity contribution in [3.63, 3.8) is 0 Å². The normalized spacial score (nSPS) is 26.4. The molecule has 5 nitrogen and oxygen atoms in total. The van der Waals surface area contributed by atoms with Crippen LogP contribution in [0.3, 0.4) is 0 Å². The Hall–Kier alpha value is -1.26. The number of rotatable bonds is 3. The lowest BCUT2D eigenvalue weighted by Gasteiger charge is -2.37. The van der Waals surface area contributed by atoms with Gasteiger partial charge >= 0.3 is 12.0 Å². The molecule has 0 spiro atoms. The van der Waals surface area contributed by atoms with Crippen LogP contribution in [0.4, 0.5) is 4.79 Å². The molecule has 3 atom stereocenters. The van der Waals surface area contributed by atoms with E-state index in [0.29, 0.717) is 18.9 Å². The van der Waals surface area contributed by atoms with Crippen LogP contribution in [0.25, 0.3) is 0 Å². The molecule has 5 heteroatoms. The molecule has 17 heavy (non-hydrogen) atoms. The molecule has 1 fully saturated rings. The van der Waals surface area contributed by atoms with Crippen LogP contribution in [0.15, 0.2) is 0 Å². The fourth-order valence-corrected chi connectivity index (χ4v) is 2.28. The van der Waals surface area contributed by atoms with Gasteiger partial charge in [-0.05, 0) is 32.1 Å². The SMILES string of the molecule is CC[C@@H](NC(=O)N1CCC(C)CC1C)C(=O)O. The Bertz CT molecular complexity index is 293. The standard InChI is InChI=1S/C12H22N2O3/c1-4-10(11(15)16)13-12(17)14-6-5-8(2)7-9(14)3/h8-10H,4-7H2,1-3H3,(H,13,17)(H,15,16)/t8?,9?,10-/m1/s1. The molecule has 0 aromatic carbocycles. The van der Waals surface area contributed by atoms with Crippen LogP contribution in [-0.2, 0) is 4.79 Å². The molecular weight excluding hydrogens is 220 g/mol. The monoisotopic (exact) mass is 242 g/mol. The molecule has 0 aliphatic carbocycles. The summed E-state index contributed by atoms with van der Waals surface area (Å²) in [6.45, 7) is 6.65. The first kappa shape index (κ1) is 13.8. The molecule has 1 aliphatic heterocycles. The number of urea groups is 1. The van der Waals surface area contributed by atoms with Gasteiger partial charge in [0, 0.05) is 12.6 Å². The van der Waals surface area contributed by atoms with Crippen molar-refractivity contribution in [3.05, 3.63) is 0 Å². The highest BCUT2D eigenvalue weighted by Gasteiger charge is 2.28. The van der Waals surface area contributed by atoms with Crippen LogP contribution in [0.5, 0.6) is 0 Å². The molecule has 0 aromatic rings. The third-order valence-electron chi connectivity index (χ3n) is 3.40. The van der Waals surface area contributed by atoms with E-state index in [9.17, 15) is 9.59 Å². The van der Waals surface area contributed by atoms with Crippen LogP contribution in [0, 0.1) is 5.92 Å². The number of nitrogens with zero attached hydrogens (tertiary/aromatic N) is 1.